The first kappa shape index (κ1) is 23.1. The van der Waals surface area contributed by atoms with Crippen LogP contribution >= 0.6 is 0 Å². The molecule has 1 aliphatic heterocycles. The van der Waals surface area contributed by atoms with Gasteiger partial charge in [0.15, 0.2) is 25.7 Å². The average molecular weight is 452 g/mol. The van der Waals surface area contributed by atoms with Gasteiger partial charge in [0, 0.05) is 22.6 Å². The van der Waals surface area contributed by atoms with Crippen LogP contribution in [0.25, 0.3) is 22.3 Å². The van der Waals surface area contributed by atoms with Crippen LogP contribution in [0.1, 0.15) is 18.8 Å². The van der Waals surface area contributed by atoms with Crippen LogP contribution in [0.15, 0.2) is 66.7 Å². The molecule has 33 heavy (non-hydrogen) atoms. The lowest BCUT2D eigenvalue weighted by atomic mass is 9.98. The standard InChI is InChI=1S/C26H24BF3O3/c1-2-3-16-13-31-26(32-14-16)19-8-9-20(22(28)12-19)17-4-6-18(7-5-17)21-10-11-23(33-15-27)25(30)24(21)29/h2-12,16,26H,13-15,27H2,1H3/b3-2+. The smallest absolute Gasteiger partial charge is 0.201 e. The highest BCUT2D eigenvalue weighted by molar-refractivity contribution is 6.08. The molecule has 1 saturated heterocycles. The first-order valence-electron chi connectivity index (χ1n) is 10.9. The quantitative estimate of drug-likeness (QED) is 0.358. The fourth-order valence-corrected chi connectivity index (χ4v) is 3.86. The Morgan fingerprint density at radius 3 is 2.15 bits per heavy atom. The molecule has 0 spiro atoms. The predicted octanol–water partition coefficient (Wildman–Crippen LogP) is 5.65. The minimum absolute atomic E-state index is 0.112. The summed E-state index contributed by atoms with van der Waals surface area (Å²) < 4.78 is 60.2. The summed E-state index contributed by atoms with van der Waals surface area (Å²) in [4.78, 5) is 0. The van der Waals surface area contributed by atoms with Gasteiger partial charge in [-0.05, 0) is 36.2 Å². The van der Waals surface area contributed by atoms with E-state index < -0.39 is 23.7 Å². The molecular weight excluding hydrogens is 428 g/mol. The van der Waals surface area contributed by atoms with Crippen LogP contribution in [0.3, 0.4) is 0 Å². The summed E-state index contributed by atoms with van der Waals surface area (Å²) in [5, 5.41) is 0. The van der Waals surface area contributed by atoms with Gasteiger partial charge in [-0.3, -0.25) is 0 Å². The van der Waals surface area contributed by atoms with Crippen molar-refractivity contribution in [3.8, 4) is 28.0 Å². The van der Waals surface area contributed by atoms with Crippen LogP contribution in [0, 0.1) is 23.4 Å². The van der Waals surface area contributed by atoms with E-state index in [1.54, 1.807) is 44.2 Å². The first-order valence-corrected chi connectivity index (χ1v) is 10.9. The molecule has 170 valence electrons. The summed E-state index contributed by atoms with van der Waals surface area (Å²) >= 11 is 0. The van der Waals surface area contributed by atoms with Gasteiger partial charge in [0.05, 0.1) is 19.7 Å². The number of halogens is 3. The van der Waals surface area contributed by atoms with Crippen LogP contribution in [0.2, 0.25) is 0 Å². The Morgan fingerprint density at radius 1 is 0.909 bits per heavy atom. The van der Waals surface area contributed by atoms with Crippen molar-refractivity contribution in [1.29, 1.82) is 0 Å². The summed E-state index contributed by atoms with van der Waals surface area (Å²) in [5.41, 5.74) is 2.22. The van der Waals surface area contributed by atoms with Crippen molar-refractivity contribution in [3.05, 3.63) is 89.8 Å². The van der Waals surface area contributed by atoms with Crippen LogP contribution in [-0.4, -0.2) is 27.6 Å². The third kappa shape index (κ3) is 4.99. The Morgan fingerprint density at radius 2 is 1.55 bits per heavy atom. The molecule has 1 heterocycles. The fourth-order valence-electron chi connectivity index (χ4n) is 3.86. The molecule has 3 nitrogen and oxygen atoms in total. The number of hydrogen-bond donors (Lipinski definition) is 0. The van der Waals surface area contributed by atoms with E-state index in [0.717, 1.165) is 0 Å². The highest BCUT2D eigenvalue weighted by atomic mass is 19.2. The van der Waals surface area contributed by atoms with Crippen LogP contribution in [0.5, 0.6) is 5.75 Å². The molecule has 0 aromatic heterocycles. The molecule has 0 atom stereocenters. The highest BCUT2D eigenvalue weighted by Crippen LogP contribution is 2.33. The maximum Gasteiger partial charge on any atom is 0.201 e. The van der Waals surface area contributed by atoms with E-state index in [1.807, 2.05) is 19.1 Å². The molecule has 0 radical (unpaired) electrons. The Kier molecular flexibility index (Phi) is 7.21. The molecule has 1 fully saturated rings. The lowest BCUT2D eigenvalue weighted by Gasteiger charge is -2.28. The van der Waals surface area contributed by atoms with E-state index in [2.05, 4.69) is 0 Å². The molecule has 7 heteroatoms. The zero-order chi connectivity index (χ0) is 23.4. The number of benzene rings is 3. The summed E-state index contributed by atoms with van der Waals surface area (Å²) in [6.07, 6.45) is 3.38. The van der Waals surface area contributed by atoms with Crippen LogP contribution in [-0.2, 0) is 9.47 Å². The third-order valence-electron chi connectivity index (χ3n) is 5.51. The first-order chi connectivity index (χ1) is 16.0. The molecule has 1 aliphatic rings. The molecule has 4 rings (SSSR count). The van der Waals surface area contributed by atoms with Crippen molar-refractivity contribution < 1.29 is 27.4 Å². The third-order valence-corrected chi connectivity index (χ3v) is 5.51. The van der Waals surface area contributed by atoms with Gasteiger partial charge in [0.1, 0.15) is 5.82 Å². The van der Waals surface area contributed by atoms with E-state index in [0.29, 0.717) is 35.5 Å². The van der Waals surface area contributed by atoms with Crippen molar-refractivity contribution in [2.75, 3.05) is 19.7 Å². The topological polar surface area (TPSA) is 27.7 Å². The second kappa shape index (κ2) is 10.3. The van der Waals surface area contributed by atoms with Crippen molar-refractivity contribution in [2.24, 2.45) is 5.92 Å². The Labute approximate surface area is 192 Å². The monoisotopic (exact) mass is 452 g/mol. The van der Waals surface area contributed by atoms with Gasteiger partial charge in [-0.15, -0.1) is 0 Å². The van der Waals surface area contributed by atoms with Gasteiger partial charge < -0.3 is 14.2 Å². The number of allylic oxidation sites excluding steroid dienone is 1. The molecule has 3 aromatic rings. The van der Waals surface area contributed by atoms with Gasteiger partial charge in [-0.25, -0.2) is 8.78 Å². The number of hydrogen-bond acceptors (Lipinski definition) is 3. The van der Waals surface area contributed by atoms with Gasteiger partial charge in [-0.2, -0.15) is 4.39 Å². The van der Waals surface area contributed by atoms with Crippen molar-refractivity contribution in [1.82, 2.24) is 0 Å². The maximum atomic E-state index is 14.9. The van der Waals surface area contributed by atoms with Gasteiger partial charge in [0.2, 0.25) is 5.82 Å². The Balaban J connectivity index is 1.52. The van der Waals surface area contributed by atoms with Crippen molar-refractivity contribution in [3.63, 3.8) is 0 Å². The highest BCUT2D eigenvalue weighted by Gasteiger charge is 2.23. The molecule has 0 unspecified atom stereocenters. The number of ether oxygens (including phenoxy) is 3. The van der Waals surface area contributed by atoms with Crippen molar-refractivity contribution >= 4 is 7.85 Å². The second-order valence-corrected chi connectivity index (χ2v) is 7.77. The summed E-state index contributed by atoms with van der Waals surface area (Å²) in [6, 6.07) is 14.3. The summed E-state index contributed by atoms with van der Waals surface area (Å²) in [6.45, 7) is 3.22. The molecule has 0 aliphatic carbocycles. The minimum atomic E-state index is -1.02. The lowest BCUT2D eigenvalue weighted by molar-refractivity contribution is -0.197. The van der Waals surface area contributed by atoms with Gasteiger partial charge in [-0.1, -0.05) is 48.6 Å². The zero-order valence-electron chi connectivity index (χ0n) is 18.5. The van der Waals surface area contributed by atoms with Gasteiger partial charge in [0.25, 0.3) is 0 Å². The molecule has 0 saturated carbocycles. The number of rotatable bonds is 6. The maximum absolute atomic E-state index is 14.9. The predicted molar refractivity (Wildman–Crippen MR) is 124 cm³/mol. The van der Waals surface area contributed by atoms with Crippen molar-refractivity contribution in [2.45, 2.75) is 13.2 Å². The zero-order valence-corrected chi connectivity index (χ0v) is 18.5. The summed E-state index contributed by atoms with van der Waals surface area (Å²) in [5.74, 6) is -2.35. The Bertz CT molecular complexity index is 1140. The molecule has 0 amide bonds. The molecule has 3 aromatic carbocycles. The normalized spacial score (nSPS) is 18.5. The van der Waals surface area contributed by atoms with Crippen LogP contribution < -0.4 is 4.74 Å². The fraction of sp³-hybridized carbons (Fsp3) is 0.231. The second-order valence-electron chi connectivity index (χ2n) is 7.77. The molecule has 0 bridgehead atoms. The van der Waals surface area contributed by atoms with E-state index in [1.165, 1.54) is 18.2 Å². The average Bonchev–Trinajstić information content (AvgIpc) is 2.83. The van der Waals surface area contributed by atoms with Gasteiger partial charge >= 0.3 is 0 Å². The van der Waals surface area contributed by atoms with E-state index in [4.69, 9.17) is 14.2 Å². The lowest BCUT2D eigenvalue weighted by Crippen LogP contribution is -2.25. The largest absolute Gasteiger partial charge is 0.500 e. The Hall–Kier alpha value is -3.03. The van der Waals surface area contributed by atoms with Crippen LogP contribution in [0.4, 0.5) is 13.2 Å². The van der Waals surface area contributed by atoms with E-state index in [9.17, 15) is 13.2 Å². The SMILES string of the molecule is BCOc1ccc(-c2ccc(-c3ccc(C4OCC(/C=C/C)CO4)cc3F)cc2)c(F)c1F. The van der Waals surface area contributed by atoms with E-state index in [-0.39, 0.29) is 23.7 Å². The summed E-state index contributed by atoms with van der Waals surface area (Å²) in [7, 11) is 1.70. The minimum Gasteiger partial charge on any atom is -0.500 e. The molecule has 0 N–H and O–H groups in total. The van der Waals surface area contributed by atoms with E-state index >= 15 is 0 Å². The molecular formula is C26H24BF3O3.